The molecule has 23 heavy (non-hydrogen) atoms. The number of aromatic amines is 1. The highest BCUT2D eigenvalue weighted by atomic mass is 16.5. The van der Waals surface area contributed by atoms with Gasteiger partial charge in [-0.2, -0.15) is 10.2 Å². The van der Waals surface area contributed by atoms with Crippen LogP contribution in [-0.4, -0.2) is 31.9 Å². The molecular weight excluding hydrogens is 292 g/mol. The Hall–Kier alpha value is -2.41. The molecule has 0 atom stereocenters. The predicted molar refractivity (Wildman–Crippen MR) is 86.8 cm³/mol. The molecule has 7 nitrogen and oxygen atoms in total. The highest BCUT2D eigenvalue weighted by Crippen LogP contribution is 2.34. The van der Waals surface area contributed by atoms with Gasteiger partial charge in [-0.3, -0.25) is 5.10 Å². The van der Waals surface area contributed by atoms with Crippen LogP contribution in [0, 0.1) is 0 Å². The van der Waals surface area contributed by atoms with E-state index in [2.05, 4.69) is 31.7 Å². The fourth-order valence-corrected chi connectivity index (χ4v) is 3.26. The number of hydrogen-bond acceptors (Lipinski definition) is 5. The van der Waals surface area contributed by atoms with E-state index >= 15 is 0 Å². The third-order valence-corrected chi connectivity index (χ3v) is 4.37. The zero-order chi connectivity index (χ0) is 15.6. The van der Waals surface area contributed by atoms with E-state index in [-0.39, 0.29) is 0 Å². The van der Waals surface area contributed by atoms with Crippen molar-refractivity contribution in [2.75, 3.05) is 12.4 Å². The van der Waals surface area contributed by atoms with Crippen LogP contribution in [0.4, 0.5) is 11.6 Å². The van der Waals surface area contributed by atoms with E-state index in [4.69, 9.17) is 4.74 Å². The van der Waals surface area contributed by atoms with E-state index in [1.54, 1.807) is 17.8 Å². The molecule has 1 fully saturated rings. The lowest BCUT2D eigenvalue weighted by Crippen LogP contribution is -1.98. The molecule has 3 heterocycles. The topological polar surface area (TPSA) is 80.1 Å². The predicted octanol–water partition coefficient (Wildman–Crippen LogP) is 3.00. The molecule has 0 amide bonds. The molecule has 0 bridgehead atoms. The summed E-state index contributed by atoms with van der Waals surface area (Å²) in [7, 11) is 1.66. The van der Waals surface area contributed by atoms with Gasteiger partial charge in [-0.1, -0.05) is 12.8 Å². The molecule has 0 aromatic carbocycles. The Bertz CT molecular complexity index is 802. The van der Waals surface area contributed by atoms with E-state index in [9.17, 15) is 0 Å². The number of fused-ring (bicyclic) bond motifs is 1. The van der Waals surface area contributed by atoms with Crippen LogP contribution >= 0.6 is 0 Å². The largest absolute Gasteiger partial charge is 0.378 e. The summed E-state index contributed by atoms with van der Waals surface area (Å²) in [6.45, 7) is 0.482. The monoisotopic (exact) mass is 312 g/mol. The lowest BCUT2D eigenvalue weighted by atomic mass is 10.0. The zero-order valence-electron chi connectivity index (χ0n) is 13.1. The van der Waals surface area contributed by atoms with Gasteiger partial charge < -0.3 is 10.1 Å². The van der Waals surface area contributed by atoms with Gasteiger partial charge in [-0.25, -0.2) is 9.50 Å². The average molecular weight is 312 g/mol. The van der Waals surface area contributed by atoms with Gasteiger partial charge >= 0.3 is 0 Å². The number of rotatable bonds is 5. The molecule has 0 saturated heterocycles. The second kappa shape index (κ2) is 6.00. The van der Waals surface area contributed by atoms with E-state index < -0.39 is 0 Å². The highest BCUT2D eigenvalue weighted by molar-refractivity contribution is 5.72. The summed E-state index contributed by atoms with van der Waals surface area (Å²) in [5, 5.41) is 15.3. The summed E-state index contributed by atoms with van der Waals surface area (Å²) in [6.07, 6.45) is 8.67. The van der Waals surface area contributed by atoms with Gasteiger partial charge in [0.05, 0.1) is 12.3 Å². The highest BCUT2D eigenvalue weighted by Gasteiger charge is 2.19. The van der Waals surface area contributed by atoms with Gasteiger partial charge in [0.15, 0.2) is 11.6 Å². The number of nitrogens with zero attached hydrogens (tertiary/aromatic N) is 4. The first kappa shape index (κ1) is 14.2. The minimum atomic E-state index is 0.482. The maximum absolute atomic E-state index is 5.14. The molecule has 0 aliphatic heterocycles. The number of hydrogen-bond donors (Lipinski definition) is 2. The van der Waals surface area contributed by atoms with Crippen LogP contribution in [0.15, 0.2) is 24.5 Å². The summed E-state index contributed by atoms with van der Waals surface area (Å²) < 4.78 is 6.94. The summed E-state index contributed by atoms with van der Waals surface area (Å²) in [5.41, 5.74) is 2.99. The second-order valence-corrected chi connectivity index (χ2v) is 5.99. The fraction of sp³-hybridized carbons (Fsp3) is 0.438. The van der Waals surface area contributed by atoms with Crippen LogP contribution in [0.1, 0.15) is 43.0 Å². The van der Waals surface area contributed by atoms with Gasteiger partial charge in [0.2, 0.25) is 0 Å². The molecular formula is C16H20N6O. The van der Waals surface area contributed by atoms with Crippen molar-refractivity contribution in [2.24, 2.45) is 0 Å². The average Bonchev–Trinajstić information content (AvgIpc) is 3.27. The Morgan fingerprint density at radius 3 is 3.04 bits per heavy atom. The van der Waals surface area contributed by atoms with Crippen molar-refractivity contribution in [1.82, 2.24) is 24.8 Å². The fourth-order valence-electron chi connectivity index (χ4n) is 3.26. The minimum Gasteiger partial charge on any atom is -0.378 e. The molecule has 4 rings (SSSR count). The second-order valence-electron chi connectivity index (χ2n) is 5.99. The maximum Gasteiger partial charge on any atom is 0.157 e. The summed E-state index contributed by atoms with van der Waals surface area (Å²) >= 11 is 0. The molecule has 3 aromatic rings. The molecule has 0 spiro atoms. The Balaban J connectivity index is 1.59. The zero-order valence-corrected chi connectivity index (χ0v) is 13.1. The molecule has 2 N–H and O–H groups in total. The molecule has 1 aliphatic rings. The van der Waals surface area contributed by atoms with Gasteiger partial charge in [-0.05, 0) is 18.9 Å². The lowest BCUT2D eigenvalue weighted by Gasteiger charge is -2.04. The number of H-pyrrole nitrogens is 1. The Morgan fingerprint density at radius 2 is 2.22 bits per heavy atom. The molecule has 1 aliphatic carbocycles. The van der Waals surface area contributed by atoms with E-state index in [0.717, 1.165) is 22.8 Å². The van der Waals surface area contributed by atoms with Crippen molar-refractivity contribution in [3.05, 3.63) is 35.9 Å². The van der Waals surface area contributed by atoms with Crippen molar-refractivity contribution in [2.45, 2.75) is 38.2 Å². The minimum absolute atomic E-state index is 0.482. The van der Waals surface area contributed by atoms with Gasteiger partial charge in [-0.15, -0.1) is 0 Å². The van der Waals surface area contributed by atoms with Gasteiger partial charge in [0.25, 0.3) is 0 Å². The van der Waals surface area contributed by atoms with Crippen molar-refractivity contribution in [1.29, 1.82) is 0 Å². The lowest BCUT2D eigenvalue weighted by molar-refractivity contribution is 0.181. The molecule has 120 valence electrons. The van der Waals surface area contributed by atoms with Crippen LogP contribution in [-0.2, 0) is 11.3 Å². The Labute approximate surface area is 134 Å². The van der Waals surface area contributed by atoms with E-state index in [0.29, 0.717) is 12.5 Å². The number of nitrogens with one attached hydrogen (secondary N) is 2. The normalized spacial score (nSPS) is 15.5. The third kappa shape index (κ3) is 2.79. The molecule has 0 radical (unpaired) electrons. The summed E-state index contributed by atoms with van der Waals surface area (Å²) in [6, 6.07) is 4.07. The van der Waals surface area contributed by atoms with Crippen LogP contribution in [0.2, 0.25) is 0 Å². The molecule has 7 heteroatoms. The van der Waals surface area contributed by atoms with Crippen molar-refractivity contribution in [3.63, 3.8) is 0 Å². The van der Waals surface area contributed by atoms with Crippen molar-refractivity contribution < 1.29 is 4.74 Å². The van der Waals surface area contributed by atoms with Crippen LogP contribution in [0.25, 0.3) is 5.52 Å². The molecule has 1 saturated carbocycles. The number of methoxy groups -OCH3 is 1. The van der Waals surface area contributed by atoms with Gasteiger partial charge in [0.1, 0.15) is 5.52 Å². The number of aromatic nitrogens is 5. The summed E-state index contributed by atoms with van der Waals surface area (Å²) in [5.74, 6) is 2.15. The van der Waals surface area contributed by atoms with Crippen molar-refractivity contribution in [3.8, 4) is 0 Å². The first-order valence-electron chi connectivity index (χ1n) is 7.98. The standard InChI is InChI=1S/C16H20N6O/c1-23-10-12-8-14-16(17-6-7-22(14)21-12)18-15-9-13(19-20-15)11-4-2-3-5-11/h6-9,11H,2-5,10H2,1H3,(H2,17,18,19,20). The van der Waals surface area contributed by atoms with Crippen LogP contribution in [0.5, 0.6) is 0 Å². The first-order chi connectivity index (χ1) is 11.3. The smallest absolute Gasteiger partial charge is 0.157 e. The van der Waals surface area contributed by atoms with Crippen LogP contribution in [0.3, 0.4) is 0 Å². The summed E-state index contributed by atoms with van der Waals surface area (Å²) in [4.78, 5) is 4.42. The number of anilines is 2. The van der Waals surface area contributed by atoms with E-state index in [1.807, 2.05) is 12.3 Å². The third-order valence-electron chi connectivity index (χ3n) is 4.37. The number of ether oxygens (including phenoxy) is 1. The Kier molecular flexibility index (Phi) is 3.70. The van der Waals surface area contributed by atoms with Gasteiger partial charge in [0, 0.05) is 37.2 Å². The van der Waals surface area contributed by atoms with Crippen LogP contribution < -0.4 is 5.32 Å². The molecule has 3 aromatic heterocycles. The SMILES string of the molecule is COCc1cc2c(Nc3cc(C4CCCC4)[nH]n3)nccn2n1. The van der Waals surface area contributed by atoms with Crippen molar-refractivity contribution >= 4 is 17.2 Å². The van der Waals surface area contributed by atoms with E-state index in [1.165, 1.54) is 31.4 Å². The maximum atomic E-state index is 5.14. The first-order valence-corrected chi connectivity index (χ1v) is 7.98. The quantitative estimate of drug-likeness (QED) is 0.757. The Morgan fingerprint density at radius 1 is 1.35 bits per heavy atom. The molecule has 0 unspecified atom stereocenters.